The SMILES string of the molecule is CC(=O)Nc1ccc(NC(=O)NC2C=CS(=O)(=O)C2)cc1. The minimum atomic E-state index is -3.19. The molecule has 21 heavy (non-hydrogen) atoms. The highest BCUT2D eigenvalue weighted by molar-refractivity contribution is 7.94. The fraction of sp³-hybridized carbons (Fsp3) is 0.231. The third-order valence-electron chi connectivity index (χ3n) is 2.71. The highest BCUT2D eigenvalue weighted by Crippen LogP contribution is 2.14. The molecule has 1 aliphatic rings. The van der Waals surface area contributed by atoms with Crippen molar-refractivity contribution < 1.29 is 18.0 Å². The zero-order valence-corrected chi connectivity index (χ0v) is 12.1. The second kappa shape index (κ2) is 5.96. The molecule has 0 bridgehead atoms. The van der Waals surface area contributed by atoms with Crippen molar-refractivity contribution in [2.75, 3.05) is 16.4 Å². The average Bonchev–Trinajstić information content (AvgIpc) is 2.70. The van der Waals surface area contributed by atoms with Crippen molar-refractivity contribution in [2.45, 2.75) is 13.0 Å². The molecule has 7 nitrogen and oxygen atoms in total. The van der Waals surface area contributed by atoms with E-state index in [9.17, 15) is 18.0 Å². The minimum Gasteiger partial charge on any atom is -0.331 e. The highest BCUT2D eigenvalue weighted by atomic mass is 32.2. The molecule has 2 rings (SSSR count). The molecule has 112 valence electrons. The summed E-state index contributed by atoms with van der Waals surface area (Å²) in [6.45, 7) is 1.41. The lowest BCUT2D eigenvalue weighted by Gasteiger charge is -2.11. The number of rotatable bonds is 3. The van der Waals surface area contributed by atoms with Crippen LogP contribution in [0.5, 0.6) is 0 Å². The van der Waals surface area contributed by atoms with Crippen LogP contribution >= 0.6 is 0 Å². The van der Waals surface area contributed by atoms with Crippen LogP contribution in [0.1, 0.15) is 6.92 Å². The van der Waals surface area contributed by atoms with Crippen LogP contribution in [0.3, 0.4) is 0 Å². The second-order valence-electron chi connectivity index (χ2n) is 4.62. The molecule has 8 heteroatoms. The van der Waals surface area contributed by atoms with Crippen LogP contribution in [-0.2, 0) is 14.6 Å². The molecular weight excluding hydrogens is 294 g/mol. The Morgan fingerprint density at radius 2 is 1.67 bits per heavy atom. The summed E-state index contributed by atoms with van der Waals surface area (Å²) in [5.74, 6) is -0.301. The number of carbonyl (C=O) groups excluding carboxylic acids is 2. The summed E-state index contributed by atoms with van der Waals surface area (Å²) in [6.07, 6.45) is 1.44. The van der Waals surface area contributed by atoms with E-state index < -0.39 is 21.9 Å². The van der Waals surface area contributed by atoms with Crippen molar-refractivity contribution in [3.8, 4) is 0 Å². The summed E-state index contributed by atoms with van der Waals surface area (Å²) in [4.78, 5) is 22.6. The topological polar surface area (TPSA) is 104 Å². The largest absolute Gasteiger partial charge is 0.331 e. The van der Waals surface area contributed by atoms with Crippen molar-refractivity contribution in [2.24, 2.45) is 0 Å². The van der Waals surface area contributed by atoms with E-state index in [2.05, 4.69) is 16.0 Å². The van der Waals surface area contributed by atoms with E-state index in [4.69, 9.17) is 0 Å². The molecule has 1 unspecified atom stereocenters. The quantitative estimate of drug-likeness (QED) is 0.777. The molecule has 0 aromatic heterocycles. The third kappa shape index (κ3) is 4.60. The van der Waals surface area contributed by atoms with Crippen molar-refractivity contribution in [1.82, 2.24) is 5.32 Å². The zero-order chi connectivity index (χ0) is 15.5. The molecule has 3 N–H and O–H groups in total. The molecule has 1 atom stereocenters. The summed E-state index contributed by atoms with van der Waals surface area (Å²) >= 11 is 0. The molecule has 1 heterocycles. The van der Waals surface area contributed by atoms with Gasteiger partial charge in [-0.2, -0.15) is 0 Å². The predicted octanol–water partition coefficient (Wildman–Crippen LogP) is 1.08. The number of urea groups is 1. The third-order valence-corrected chi connectivity index (χ3v) is 4.11. The Kier molecular flexibility index (Phi) is 4.27. The van der Waals surface area contributed by atoms with Crippen LogP contribution in [0.15, 0.2) is 35.7 Å². The van der Waals surface area contributed by atoms with Crippen LogP contribution < -0.4 is 16.0 Å². The molecule has 0 saturated carbocycles. The Labute approximate surface area is 122 Å². The Hall–Kier alpha value is -2.35. The maximum Gasteiger partial charge on any atom is 0.319 e. The van der Waals surface area contributed by atoms with Gasteiger partial charge in [-0.05, 0) is 30.3 Å². The average molecular weight is 309 g/mol. The fourth-order valence-corrected chi connectivity index (χ4v) is 3.08. The lowest BCUT2D eigenvalue weighted by molar-refractivity contribution is -0.114. The predicted molar refractivity (Wildman–Crippen MR) is 79.6 cm³/mol. The Morgan fingerprint density at radius 1 is 1.10 bits per heavy atom. The van der Waals surface area contributed by atoms with Gasteiger partial charge in [-0.3, -0.25) is 4.79 Å². The minimum absolute atomic E-state index is 0.123. The molecule has 0 radical (unpaired) electrons. The highest BCUT2D eigenvalue weighted by Gasteiger charge is 2.22. The summed E-state index contributed by atoms with van der Waals surface area (Å²) in [6, 6.07) is 5.55. The van der Waals surface area contributed by atoms with Gasteiger partial charge in [0.2, 0.25) is 5.91 Å². The van der Waals surface area contributed by atoms with Crippen LogP contribution in [0.2, 0.25) is 0 Å². The van der Waals surface area contributed by atoms with E-state index in [1.165, 1.54) is 13.0 Å². The van der Waals surface area contributed by atoms with Gasteiger partial charge in [-0.25, -0.2) is 13.2 Å². The second-order valence-corrected chi connectivity index (χ2v) is 6.55. The summed E-state index contributed by atoms with van der Waals surface area (Å²) < 4.78 is 22.4. The van der Waals surface area contributed by atoms with E-state index >= 15 is 0 Å². The van der Waals surface area contributed by atoms with Gasteiger partial charge < -0.3 is 16.0 Å². The number of benzene rings is 1. The van der Waals surface area contributed by atoms with E-state index in [0.717, 1.165) is 5.41 Å². The summed E-state index contributed by atoms with van der Waals surface area (Å²) in [5, 5.41) is 8.84. The zero-order valence-electron chi connectivity index (χ0n) is 11.3. The van der Waals surface area contributed by atoms with Gasteiger partial charge in [0.05, 0.1) is 11.8 Å². The Balaban J connectivity index is 1.88. The molecule has 0 saturated heterocycles. The van der Waals surface area contributed by atoms with Crippen LogP contribution in [0, 0.1) is 0 Å². The Morgan fingerprint density at radius 3 is 2.14 bits per heavy atom. The number of anilines is 2. The first-order valence-electron chi connectivity index (χ1n) is 6.20. The molecule has 1 aromatic carbocycles. The van der Waals surface area contributed by atoms with Gasteiger partial charge in [0, 0.05) is 23.7 Å². The number of nitrogens with one attached hydrogen (secondary N) is 3. The standard InChI is InChI=1S/C13H15N3O4S/c1-9(17)14-10-2-4-11(5-3-10)15-13(18)16-12-6-7-21(19,20)8-12/h2-7,12H,8H2,1H3,(H,14,17)(H2,15,16,18). The molecule has 0 fully saturated rings. The molecule has 0 spiro atoms. The van der Waals surface area contributed by atoms with Crippen molar-refractivity contribution in [1.29, 1.82) is 0 Å². The summed E-state index contributed by atoms with van der Waals surface area (Å²) in [7, 11) is -3.19. The maximum absolute atomic E-state index is 11.7. The van der Waals surface area contributed by atoms with Gasteiger partial charge in [0.1, 0.15) is 0 Å². The van der Waals surface area contributed by atoms with Crippen molar-refractivity contribution in [3.63, 3.8) is 0 Å². The molecule has 1 aromatic rings. The summed E-state index contributed by atoms with van der Waals surface area (Å²) in [5.41, 5.74) is 1.16. The molecule has 0 aliphatic carbocycles. The number of hydrogen-bond donors (Lipinski definition) is 3. The fourth-order valence-electron chi connectivity index (χ4n) is 1.84. The van der Waals surface area contributed by atoms with E-state index in [-0.39, 0.29) is 11.7 Å². The monoisotopic (exact) mass is 309 g/mol. The number of hydrogen-bond acceptors (Lipinski definition) is 4. The van der Waals surface area contributed by atoms with Crippen LogP contribution in [0.4, 0.5) is 16.2 Å². The lowest BCUT2D eigenvalue weighted by atomic mass is 10.3. The smallest absolute Gasteiger partial charge is 0.319 e. The Bertz CT molecular complexity index is 680. The van der Waals surface area contributed by atoms with Crippen molar-refractivity contribution in [3.05, 3.63) is 35.7 Å². The molecule has 3 amide bonds. The number of amides is 3. The first kappa shape index (κ1) is 15.0. The van der Waals surface area contributed by atoms with Crippen LogP contribution in [-0.4, -0.2) is 32.2 Å². The first-order chi connectivity index (χ1) is 9.84. The van der Waals surface area contributed by atoms with Gasteiger partial charge in [-0.15, -0.1) is 0 Å². The number of carbonyl (C=O) groups is 2. The molecular formula is C13H15N3O4S. The van der Waals surface area contributed by atoms with E-state index in [1.54, 1.807) is 24.3 Å². The van der Waals surface area contributed by atoms with E-state index in [1.807, 2.05) is 0 Å². The van der Waals surface area contributed by atoms with Gasteiger partial charge >= 0.3 is 6.03 Å². The normalized spacial score (nSPS) is 19.0. The van der Waals surface area contributed by atoms with Crippen LogP contribution in [0.25, 0.3) is 0 Å². The van der Waals surface area contributed by atoms with Gasteiger partial charge in [0.15, 0.2) is 9.84 Å². The van der Waals surface area contributed by atoms with Crippen molar-refractivity contribution >= 4 is 33.2 Å². The van der Waals surface area contributed by atoms with E-state index in [0.29, 0.717) is 11.4 Å². The first-order valence-corrected chi connectivity index (χ1v) is 7.92. The van der Waals surface area contributed by atoms with Gasteiger partial charge in [0.25, 0.3) is 0 Å². The lowest BCUT2D eigenvalue weighted by Crippen LogP contribution is -2.38. The molecule has 1 aliphatic heterocycles. The number of sulfone groups is 1. The van der Waals surface area contributed by atoms with Gasteiger partial charge in [-0.1, -0.05) is 0 Å². The maximum atomic E-state index is 11.7.